The Hall–Kier alpha value is -0.600. The molecule has 0 aliphatic heterocycles. The van der Waals surface area contributed by atoms with Gasteiger partial charge < -0.3 is 0 Å². The third-order valence-corrected chi connectivity index (χ3v) is 2.66. The quantitative estimate of drug-likeness (QED) is 0.483. The third-order valence-electron chi connectivity index (χ3n) is 2.66. The first kappa shape index (κ1) is 9.49. The van der Waals surface area contributed by atoms with Gasteiger partial charge in [0.25, 0.3) is 0 Å². The predicted molar refractivity (Wildman–Crippen MR) is 47.6 cm³/mol. The lowest BCUT2D eigenvalue weighted by atomic mass is 9.93. The Labute approximate surface area is 73.3 Å². The molecule has 0 spiro atoms. The highest BCUT2D eigenvalue weighted by atomic mass is 16.6. The molecule has 1 aliphatic carbocycles. The van der Waals surface area contributed by atoms with Gasteiger partial charge in [-0.15, -0.1) is 0 Å². The van der Waals surface area contributed by atoms with Crippen molar-refractivity contribution in [2.75, 3.05) is 0 Å². The summed E-state index contributed by atoms with van der Waals surface area (Å²) >= 11 is 0. The van der Waals surface area contributed by atoms with Crippen LogP contribution in [0.4, 0.5) is 0 Å². The summed E-state index contributed by atoms with van der Waals surface area (Å²) in [6.07, 6.45) is 3.92. The molecule has 0 amide bonds. The molecular formula is C9H17NO2. The van der Waals surface area contributed by atoms with Crippen LogP contribution in [-0.4, -0.2) is 11.0 Å². The summed E-state index contributed by atoms with van der Waals surface area (Å²) in [5.41, 5.74) is 0. The van der Waals surface area contributed by atoms with E-state index in [4.69, 9.17) is 0 Å². The van der Waals surface area contributed by atoms with Crippen LogP contribution in [0.2, 0.25) is 0 Å². The van der Waals surface area contributed by atoms with Crippen molar-refractivity contribution >= 4 is 0 Å². The van der Waals surface area contributed by atoms with Gasteiger partial charge >= 0.3 is 0 Å². The fourth-order valence-electron chi connectivity index (χ4n) is 2.18. The Kier molecular flexibility index (Phi) is 3.06. The van der Waals surface area contributed by atoms with Crippen LogP contribution in [0.3, 0.4) is 0 Å². The highest BCUT2D eigenvalue weighted by molar-refractivity contribution is 4.77. The van der Waals surface area contributed by atoms with Crippen LogP contribution in [-0.2, 0) is 0 Å². The van der Waals surface area contributed by atoms with Crippen molar-refractivity contribution in [3.8, 4) is 0 Å². The Morgan fingerprint density at radius 3 is 2.67 bits per heavy atom. The minimum atomic E-state index is -0.243. The van der Waals surface area contributed by atoms with E-state index in [2.05, 4.69) is 13.8 Å². The molecule has 0 bridgehead atoms. The Morgan fingerprint density at radius 1 is 1.50 bits per heavy atom. The summed E-state index contributed by atoms with van der Waals surface area (Å²) in [7, 11) is 0. The highest BCUT2D eigenvalue weighted by Crippen LogP contribution is 2.32. The zero-order valence-corrected chi connectivity index (χ0v) is 7.82. The van der Waals surface area contributed by atoms with Crippen LogP contribution in [0.15, 0.2) is 0 Å². The second-order valence-electron chi connectivity index (χ2n) is 4.17. The second kappa shape index (κ2) is 3.87. The smallest absolute Gasteiger partial charge is 0.215 e. The summed E-state index contributed by atoms with van der Waals surface area (Å²) < 4.78 is 0. The van der Waals surface area contributed by atoms with E-state index in [1.165, 1.54) is 0 Å². The lowest BCUT2D eigenvalue weighted by molar-refractivity contribution is -0.529. The molecule has 1 saturated carbocycles. The summed E-state index contributed by atoms with van der Waals surface area (Å²) in [5, 5.41) is 10.6. The molecule has 0 unspecified atom stereocenters. The van der Waals surface area contributed by atoms with E-state index in [-0.39, 0.29) is 11.0 Å². The molecule has 0 aromatic rings. The molecule has 0 aromatic carbocycles. The number of nitro groups is 1. The lowest BCUT2D eigenvalue weighted by Crippen LogP contribution is -2.24. The molecule has 2 atom stereocenters. The van der Waals surface area contributed by atoms with E-state index < -0.39 is 0 Å². The first-order chi connectivity index (χ1) is 5.61. The van der Waals surface area contributed by atoms with Crippen LogP contribution < -0.4 is 0 Å². The molecule has 0 saturated heterocycles. The molecule has 1 fully saturated rings. The summed E-state index contributed by atoms with van der Waals surface area (Å²) in [6, 6.07) is -0.243. The van der Waals surface area contributed by atoms with Gasteiger partial charge in [0, 0.05) is 17.3 Å². The van der Waals surface area contributed by atoms with E-state index in [1.54, 1.807) is 0 Å². The van der Waals surface area contributed by atoms with Crippen LogP contribution in [0.5, 0.6) is 0 Å². The molecule has 1 aliphatic rings. The molecule has 12 heavy (non-hydrogen) atoms. The lowest BCUT2D eigenvalue weighted by Gasteiger charge is -2.14. The molecule has 1 rings (SSSR count). The van der Waals surface area contributed by atoms with E-state index in [1.807, 2.05) is 0 Å². The fourth-order valence-corrected chi connectivity index (χ4v) is 2.18. The minimum absolute atomic E-state index is 0.0833. The van der Waals surface area contributed by atoms with E-state index in [0.717, 1.165) is 25.7 Å². The monoisotopic (exact) mass is 171 g/mol. The average molecular weight is 171 g/mol. The second-order valence-corrected chi connectivity index (χ2v) is 4.17. The largest absolute Gasteiger partial charge is 0.264 e. The van der Waals surface area contributed by atoms with Gasteiger partial charge in [0.05, 0.1) is 0 Å². The zero-order chi connectivity index (χ0) is 9.14. The van der Waals surface area contributed by atoms with Crippen molar-refractivity contribution in [1.29, 1.82) is 0 Å². The molecule has 70 valence electrons. The summed E-state index contributed by atoms with van der Waals surface area (Å²) in [4.78, 5) is 10.5. The summed E-state index contributed by atoms with van der Waals surface area (Å²) in [6.45, 7) is 4.27. The van der Waals surface area contributed by atoms with Crippen molar-refractivity contribution in [2.24, 2.45) is 11.8 Å². The molecule has 0 aromatic heterocycles. The van der Waals surface area contributed by atoms with Gasteiger partial charge in [-0.1, -0.05) is 13.8 Å². The molecular weight excluding hydrogens is 154 g/mol. The molecule has 0 N–H and O–H groups in total. The van der Waals surface area contributed by atoms with Crippen molar-refractivity contribution in [3.63, 3.8) is 0 Å². The Balaban J connectivity index is 2.46. The SMILES string of the molecule is CC(C)C[C@@H]1CCC[C@@H]1[N+](=O)[O-]. The topological polar surface area (TPSA) is 43.1 Å². The standard InChI is InChI=1S/C9H17NO2/c1-7(2)6-8-4-3-5-9(8)10(11)12/h7-9H,3-6H2,1-2H3/t8-,9-/m0/s1. The predicted octanol–water partition coefficient (Wildman–Crippen LogP) is 2.48. The maximum Gasteiger partial charge on any atom is 0.215 e. The van der Waals surface area contributed by atoms with Gasteiger partial charge in [0.1, 0.15) is 0 Å². The van der Waals surface area contributed by atoms with Crippen molar-refractivity contribution < 1.29 is 4.92 Å². The van der Waals surface area contributed by atoms with Crippen molar-refractivity contribution in [1.82, 2.24) is 0 Å². The maximum atomic E-state index is 10.6. The average Bonchev–Trinajstić information content (AvgIpc) is 2.33. The first-order valence-corrected chi connectivity index (χ1v) is 4.74. The van der Waals surface area contributed by atoms with Crippen molar-refractivity contribution in [2.45, 2.75) is 45.6 Å². The van der Waals surface area contributed by atoms with E-state index in [9.17, 15) is 10.1 Å². The maximum absolute atomic E-state index is 10.6. The van der Waals surface area contributed by atoms with Crippen LogP contribution in [0.25, 0.3) is 0 Å². The van der Waals surface area contributed by atoms with E-state index in [0.29, 0.717) is 11.8 Å². The van der Waals surface area contributed by atoms with Gasteiger partial charge in [0.15, 0.2) is 0 Å². The van der Waals surface area contributed by atoms with Crippen molar-refractivity contribution in [3.05, 3.63) is 10.1 Å². The van der Waals surface area contributed by atoms with Gasteiger partial charge in [-0.05, 0) is 25.2 Å². The summed E-state index contributed by atoms with van der Waals surface area (Å²) in [5.74, 6) is 0.940. The fraction of sp³-hybridized carbons (Fsp3) is 1.00. The molecule has 0 radical (unpaired) electrons. The third kappa shape index (κ3) is 2.19. The number of nitrogens with zero attached hydrogens (tertiary/aromatic N) is 1. The van der Waals surface area contributed by atoms with Gasteiger partial charge in [-0.25, -0.2) is 0 Å². The van der Waals surface area contributed by atoms with Gasteiger partial charge in [-0.3, -0.25) is 10.1 Å². The first-order valence-electron chi connectivity index (χ1n) is 4.74. The van der Waals surface area contributed by atoms with Crippen LogP contribution in [0, 0.1) is 22.0 Å². The highest BCUT2D eigenvalue weighted by Gasteiger charge is 2.36. The molecule has 3 heteroatoms. The number of rotatable bonds is 3. The van der Waals surface area contributed by atoms with Crippen LogP contribution in [0.1, 0.15) is 39.5 Å². The molecule has 0 heterocycles. The number of hydrogen-bond donors (Lipinski definition) is 0. The van der Waals surface area contributed by atoms with Gasteiger partial charge in [0.2, 0.25) is 6.04 Å². The minimum Gasteiger partial charge on any atom is -0.264 e. The molecule has 3 nitrogen and oxygen atoms in total. The zero-order valence-electron chi connectivity index (χ0n) is 7.82. The number of hydrogen-bond acceptors (Lipinski definition) is 2. The van der Waals surface area contributed by atoms with E-state index >= 15 is 0 Å². The van der Waals surface area contributed by atoms with Crippen LogP contribution >= 0.6 is 0 Å². The normalized spacial score (nSPS) is 29.6. The Morgan fingerprint density at radius 2 is 2.17 bits per heavy atom. The van der Waals surface area contributed by atoms with Gasteiger partial charge in [-0.2, -0.15) is 0 Å². The Bertz CT molecular complexity index is 168.